The van der Waals surface area contributed by atoms with E-state index in [1.165, 1.54) is 16.9 Å². The van der Waals surface area contributed by atoms with E-state index in [0.29, 0.717) is 17.0 Å². The van der Waals surface area contributed by atoms with Crippen molar-refractivity contribution in [3.63, 3.8) is 0 Å². The molecule has 24 heavy (non-hydrogen) atoms. The number of carbonyl (C=O) groups excluding carboxylic acids is 1. The lowest BCUT2D eigenvalue weighted by Gasteiger charge is -2.03. The lowest BCUT2D eigenvalue weighted by atomic mass is 10.2. The third kappa shape index (κ3) is 3.10. The molecule has 2 aromatic heterocycles. The van der Waals surface area contributed by atoms with E-state index in [4.69, 9.17) is 0 Å². The fraction of sp³-hybridized carbons (Fsp3) is 0.278. The highest BCUT2D eigenvalue weighted by atomic mass is 32.1. The zero-order valence-corrected chi connectivity index (χ0v) is 14.9. The molecule has 3 rings (SSSR count). The second kappa shape index (κ2) is 6.57. The largest absolute Gasteiger partial charge is 0.312 e. The van der Waals surface area contributed by atoms with E-state index in [2.05, 4.69) is 41.8 Å². The molecule has 5 nitrogen and oxygen atoms in total. The third-order valence-corrected chi connectivity index (χ3v) is 4.74. The average molecular weight is 340 g/mol. The van der Waals surface area contributed by atoms with E-state index in [1.807, 2.05) is 24.5 Å². The summed E-state index contributed by atoms with van der Waals surface area (Å²) in [7, 11) is 0. The van der Waals surface area contributed by atoms with Crippen LogP contribution in [0.2, 0.25) is 0 Å². The number of aryl methyl sites for hydroxylation is 1. The van der Waals surface area contributed by atoms with Crippen LogP contribution >= 0.6 is 11.3 Å². The highest BCUT2D eigenvalue weighted by Gasteiger charge is 2.12. The Bertz CT molecular complexity index is 974. The van der Waals surface area contributed by atoms with Gasteiger partial charge in [-0.1, -0.05) is 23.5 Å². The van der Waals surface area contributed by atoms with Crippen molar-refractivity contribution in [1.29, 1.82) is 0 Å². The zero-order valence-electron chi connectivity index (χ0n) is 14.1. The van der Waals surface area contributed by atoms with Crippen LogP contribution in [0.1, 0.15) is 35.9 Å². The lowest BCUT2D eigenvalue weighted by Crippen LogP contribution is -2.16. The summed E-state index contributed by atoms with van der Waals surface area (Å²) in [6, 6.07) is 8.15. The number of benzene rings is 1. The van der Waals surface area contributed by atoms with E-state index < -0.39 is 0 Å². The summed E-state index contributed by atoms with van der Waals surface area (Å²) in [6.45, 7) is 10.5. The molecular formula is C18H20N4OS. The number of hydrogen-bond donors (Lipinski definition) is 0. The monoisotopic (exact) mass is 340 g/mol. The summed E-state index contributed by atoms with van der Waals surface area (Å²) in [6.07, 6.45) is 3.61. The molecule has 0 aliphatic rings. The molecule has 1 amide bonds. The highest BCUT2D eigenvalue weighted by molar-refractivity contribution is 7.16. The minimum atomic E-state index is -0.324. The van der Waals surface area contributed by atoms with Gasteiger partial charge in [0.1, 0.15) is 0 Å². The van der Waals surface area contributed by atoms with E-state index in [-0.39, 0.29) is 11.9 Å². The van der Waals surface area contributed by atoms with E-state index >= 15 is 0 Å². The Balaban J connectivity index is 2.09. The Morgan fingerprint density at radius 1 is 1.42 bits per heavy atom. The summed E-state index contributed by atoms with van der Waals surface area (Å²) in [4.78, 5) is 17.4. The fourth-order valence-electron chi connectivity index (χ4n) is 2.46. The first kappa shape index (κ1) is 16.4. The predicted octanol–water partition coefficient (Wildman–Crippen LogP) is 3.72. The van der Waals surface area contributed by atoms with Gasteiger partial charge in [-0.15, -0.1) is 6.58 Å². The predicted molar refractivity (Wildman–Crippen MR) is 97.3 cm³/mol. The Morgan fingerprint density at radius 2 is 2.21 bits per heavy atom. The maximum Gasteiger partial charge on any atom is 0.300 e. The quantitative estimate of drug-likeness (QED) is 0.680. The van der Waals surface area contributed by atoms with Crippen LogP contribution in [0.3, 0.4) is 0 Å². The second-order valence-corrected chi connectivity index (χ2v) is 6.96. The molecule has 0 saturated heterocycles. The molecule has 124 valence electrons. The minimum Gasteiger partial charge on any atom is -0.312 e. The van der Waals surface area contributed by atoms with Crippen LogP contribution in [-0.2, 0) is 6.54 Å². The van der Waals surface area contributed by atoms with Crippen molar-refractivity contribution in [1.82, 2.24) is 14.3 Å². The molecule has 1 aromatic carbocycles. The van der Waals surface area contributed by atoms with Crippen LogP contribution in [0.5, 0.6) is 0 Å². The van der Waals surface area contributed by atoms with Crippen molar-refractivity contribution in [2.24, 2.45) is 4.99 Å². The normalized spacial score (nSPS) is 12.2. The number of aromatic nitrogens is 3. The molecule has 0 bridgehead atoms. The average Bonchev–Trinajstić information content (AvgIpc) is 3.13. The number of carbonyl (C=O) groups is 1. The Labute approximate surface area is 144 Å². The molecular weight excluding hydrogens is 320 g/mol. The second-order valence-electron chi connectivity index (χ2n) is 5.95. The molecule has 0 radical (unpaired) electrons. The van der Waals surface area contributed by atoms with Crippen molar-refractivity contribution in [3.8, 4) is 0 Å². The molecule has 0 fully saturated rings. The standard InChI is InChI=1S/C18H20N4OS/c1-5-9-21-15-7-6-13(4)11-16(15)24-18(21)19-17(23)14-8-10-22(20-14)12(2)3/h5-8,10-12H,1,9H2,2-4H3. The van der Waals surface area contributed by atoms with Gasteiger partial charge in [0.2, 0.25) is 0 Å². The molecule has 0 aliphatic carbocycles. The SMILES string of the molecule is C=CCn1c(=NC(=O)c2ccn(C(C)C)n2)sc2cc(C)ccc21. The van der Waals surface area contributed by atoms with Gasteiger partial charge >= 0.3 is 0 Å². The van der Waals surface area contributed by atoms with Gasteiger partial charge < -0.3 is 4.57 Å². The van der Waals surface area contributed by atoms with E-state index in [9.17, 15) is 4.79 Å². The zero-order chi connectivity index (χ0) is 17.3. The van der Waals surface area contributed by atoms with Gasteiger partial charge in [-0.25, -0.2) is 0 Å². The van der Waals surface area contributed by atoms with Gasteiger partial charge in [0.15, 0.2) is 10.5 Å². The van der Waals surface area contributed by atoms with Gasteiger partial charge in [0, 0.05) is 18.8 Å². The number of rotatable bonds is 4. The van der Waals surface area contributed by atoms with Crippen molar-refractivity contribution < 1.29 is 4.79 Å². The number of hydrogen-bond acceptors (Lipinski definition) is 3. The van der Waals surface area contributed by atoms with E-state index in [1.54, 1.807) is 16.9 Å². The first-order valence-electron chi connectivity index (χ1n) is 7.84. The van der Waals surface area contributed by atoms with Crippen molar-refractivity contribution in [2.45, 2.75) is 33.4 Å². The number of fused-ring (bicyclic) bond motifs is 1. The Hall–Kier alpha value is -2.47. The lowest BCUT2D eigenvalue weighted by molar-refractivity contribution is 0.0992. The number of allylic oxidation sites excluding steroid dienone is 1. The van der Waals surface area contributed by atoms with Gasteiger partial charge in [-0.05, 0) is 44.5 Å². The van der Waals surface area contributed by atoms with Crippen LogP contribution in [0, 0.1) is 6.92 Å². The fourth-order valence-corrected chi connectivity index (χ4v) is 3.59. The highest BCUT2D eigenvalue weighted by Crippen LogP contribution is 2.19. The smallest absolute Gasteiger partial charge is 0.300 e. The summed E-state index contributed by atoms with van der Waals surface area (Å²) in [5.41, 5.74) is 2.61. The third-order valence-electron chi connectivity index (χ3n) is 3.70. The van der Waals surface area contributed by atoms with Crippen LogP contribution in [0.4, 0.5) is 0 Å². The molecule has 0 atom stereocenters. The molecule has 0 unspecified atom stereocenters. The Morgan fingerprint density at radius 3 is 2.88 bits per heavy atom. The topological polar surface area (TPSA) is 52.2 Å². The van der Waals surface area contributed by atoms with Crippen molar-refractivity contribution >= 4 is 27.5 Å². The first-order valence-corrected chi connectivity index (χ1v) is 8.66. The maximum atomic E-state index is 12.5. The molecule has 2 heterocycles. The summed E-state index contributed by atoms with van der Waals surface area (Å²) < 4.78 is 4.87. The summed E-state index contributed by atoms with van der Waals surface area (Å²) in [5, 5.41) is 4.30. The summed E-state index contributed by atoms with van der Waals surface area (Å²) >= 11 is 1.51. The number of amides is 1. The molecule has 0 saturated carbocycles. The number of nitrogens with zero attached hydrogens (tertiary/aromatic N) is 4. The Kier molecular flexibility index (Phi) is 4.49. The van der Waals surface area contributed by atoms with Gasteiger partial charge in [0.25, 0.3) is 5.91 Å². The molecule has 0 N–H and O–H groups in total. The molecule has 6 heteroatoms. The van der Waals surface area contributed by atoms with Crippen molar-refractivity contribution in [3.05, 3.63) is 59.2 Å². The van der Waals surface area contributed by atoms with Crippen LogP contribution in [-0.4, -0.2) is 20.3 Å². The molecule has 0 spiro atoms. The van der Waals surface area contributed by atoms with Gasteiger partial charge in [-0.2, -0.15) is 10.1 Å². The van der Waals surface area contributed by atoms with Crippen LogP contribution < -0.4 is 4.80 Å². The molecule has 0 aliphatic heterocycles. The molecule has 3 aromatic rings. The van der Waals surface area contributed by atoms with Gasteiger partial charge in [-0.3, -0.25) is 9.48 Å². The maximum absolute atomic E-state index is 12.5. The van der Waals surface area contributed by atoms with Crippen LogP contribution in [0.15, 0.2) is 48.1 Å². The van der Waals surface area contributed by atoms with Gasteiger partial charge in [0.05, 0.1) is 10.2 Å². The van der Waals surface area contributed by atoms with Crippen LogP contribution in [0.25, 0.3) is 10.2 Å². The van der Waals surface area contributed by atoms with E-state index in [0.717, 1.165) is 10.2 Å². The number of thiazole rings is 1. The first-order chi connectivity index (χ1) is 11.5. The summed E-state index contributed by atoms with van der Waals surface area (Å²) in [5.74, 6) is -0.324. The minimum absolute atomic E-state index is 0.213. The van der Waals surface area contributed by atoms with Crippen molar-refractivity contribution in [2.75, 3.05) is 0 Å².